The van der Waals surface area contributed by atoms with Crippen molar-refractivity contribution in [2.75, 3.05) is 7.11 Å². The lowest BCUT2D eigenvalue weighted by molar-refractivity contribution is -0.136. The Bertz CT molecular complexity index is 1070. The maximum Gasteiger partial charge on any atom is 0.336 e. The summed E-state index contributed by atoms with van der Waals surface area (Å²) in [4.78, 5) is 30.6. The minimum Gasteiger partial charge on any atom is -0.466 e. The first kappa shape index (κ1) is 20.3. The number of methoxy groups -OCH3 is 1. The highest BCUT2D eigenvalue weighted by Gasteiger charge is 2.48. The first-order chi connectivity index (χ1) is 14.2. The number of allylic oxidation sites excluding steroid dienone is 1. The van der Waals surface area contributed by atoms with E-state index in [0.717, 1.165) is 17.7 Å². The highest BCUT2D eigenvalue weighted by Crippen LogP contribution is 2.47. The molecule has 2 atom stereocenters. The van der Waals surface area contributed by atoms with Crippen molar-refractivity contribution in [2.24, 2.45) is 16.3 Å². The number of carbonyl (C=O) groups excluding carboxylic acids is 2. The fourth-order valence-electron chi connectivity index (χ4n) is 4.67. The zero-order valence-electron chi connectivity index (χ0n) is 18.1. The number of rotatable bonds is 3. The van der Waals surface area contributed by atoms with Gasteiger partial charge in [-0.15, -0.1) is 0 Å². The van der Waals surface area contributed by atoms with Crippen LogP contribution in [0.4, 0.5) is 0 Å². The number of hydrogen-bond acceptors (Lipinski definition) is 5. The lowest BCUT2D eigenvalue weighted by atomic mass is 9.64. The summed E-state index contributed by atoms with van der Waals surface area (Å²) >= 11 is 0. The molecule has 0 radical (unpaired) electrons. The van der Waals surface area contributed by atoms with Crippen LogP contribution in [0, 0.1) is 18.3 Å². The van der Waals surface area contributed by atoms with Gasteiger partial charge in [0.25, 0.3) is 0 Å². The van der Waals surface area contributed by atoms with Crippen molar-refractivity contribution in [1.82, 2.24) is 0 Å². The third-order valence-corrected chi connectivity index (χ3v) is 6.04. The number of carbonyl (C=O) groups is 2. The molecule has 5 heteroatoms. The second-order valence-corrected chi connectivity index (χ2v) is 9.10. The Morgan fingerprint density at radius 1 is 1.07 bits per heavy atom. The number of aliphatic imine (C=N–C) groups is 1. The first-order valence-electron chi connectivity index (χ1n) is 10.3. The van der Waals surface area contributed by atoms with E-state index in [0.29, 0.717) is 29.2 Å². The van der Waals surface area contributed by atoms with Crippen LogP contribution in [0.15, 0.2) is 57.1 Å². The van der Waals surface area contributed by atoms with E-state index in [2.05, 4.69) is 18.8 Å². The number of Topliss-reactive ketones (excluding diaryl/α,β-unsaturated/α-hetero) is 1. The Morgan fingerprint density at radius 3 is 2.43 bits per heavy atom. The van der Waals surface area contributed by atoms with Crippen LogP contribution in [-0.4, -0.2) is 24.6 Å². The number of ketones is 1. The summed E-state index contributed by atoms with van der Waals surface area (Å²) in [5.41, 5.74) is 3.81. The molecule has 0 saturated heterocycles. The quantitative estimate of drug-likeness (QED) is 0.655. The maximum absolute atomic E-state index is 13.2. The van der Waals surface area contributed by atoms with E-state index < -0.39 is 17.8 Å². The third-order valence-electron chi connectivity index (χ3n) is 6.04. The van der Waals surface area contributed by atoms with Crippen LogP contribution in [0.5, 0.6) is 0 Å². The summed E-state index contributed by atoms with van der Waals surface area (Å²) in [6.45, 7) is 8.00. The second-order valence-electron chi connectivity index (χ2n) is 9.10. The smallest absolute Gasteiger partial charge is 0.336 e. The summed E-state index contributed by atoms with van der Waals surface area (Å²) in [7, 11) is 1.35. The predicted octanol–water partition coefficient (Wildman–Crippen LogP) is 5.25. The van der Waals surface area contributed by atoms with Crippen LogP contribution in [0.2, 0.25) is 0 Å². The van der Waals surface area contributed by atoms with Crippen molar-refractivity contribution in [1.29, 1.82) is 0 Å². The molecule has 2 heterocycles. The van der Waals surface area contributed by atoms with Gasteiger partial charge in [-0.05, 0) is 37.8 Å². The van der Waals surface area contributed by atoms with Crippen molar-refractivity contribution >= 4 is 17.5 Å². The molecule has 1 aromatic carbocycles. The summed E-state index contributed by atoms with van der Waals surface area (Å²) in [6, 6.07) is 11.8. The summed E-state index contributed by atoms with van der Waals surface area (Å²) < 4.78 is 11.3. The minimum absolute atomic E-state index is 0.0946. The van der Waals surface area contributed by atoms with Gasteiger partial charge in [-0.2, -0.15) is 0 Å². The molecule has 2 aliphatic rings. The van der Waals surface area contributed by atoms with Gasteiger partial charge in [-0.1, -0.05) is 43.7 Å². The zero-order chi connectivity index (χ0) is 21.6. The molecule has 1 aliphatic carbocycles. The van der Waals surface area contributed by atoms with Gasteiger partial charge in [-0.25, -0.2) is 4.79 Å². The number of benzene rings is 1. The average molecular weight is 405 g/mol. The van der Waals surface area contributed by atoms with Crippen molar-refractivity contribution in [2.45, 2.75) is 46.5 Å². The molecule has 4 rings (SSSR count). The Labute approximate surface area is 176 Å². The van der Waals surface area contributed by atoms with E-state index >= 15 is 0 Å². The molecular formula is C25H27NO4. The predicted molar refractivity (Wildman–Crippen MR) is 115 cm³/mol. The van der Waals surface area contributed by atoms with E-state index in [1.807, 2.05) is 43.3 Å². The standard InChI is InChI=1S/C25H27NO4/c1-14-6-8-16(9-7-14)19-10-11-20(30-19)23-21(24(28)29-5)15(2)26-17-12-25(3,4)13-18(27)22(17)23/h6-11,22-23H,12-13H2,1-5H3/t22?,23-/m0/s1. The monoisotopic (exact) mass is 405 g/mol. The summed E-state index contributed by atoms with van der Waals surface area (Å²) in [6.07, 6.45) is 1.17. The van der Waals surface area contributed by atoms with Gasteiger partial charge >= 0.3 is 5.97 Å². The van der Waals surface area contributed by atoms with E-state index in [9.17, 15) is 9.59 Å². The molecule has 0 N–H and O–H groups in total. The molecule has 156 valence electrons. The van der Waals surface area contributed by atoms with E-state index in [4.69, 9.17) is 9.15 Å². The van der Waals surface area contributed by atoms with Gasteiger partial charge < -0.3 is 9.15 Å². The highest BCUT2D eigenvalue weighted by molar-refractivity contribution is 6.12. The van der Waals surface area contributed by atoms with Crippen LogP contribution in [0.1, 0.15) is 50.9 Å². The molecule has 30 heavy (non-hydrogen) atoms. The number of furan rings is 1. The molecule has 2 aromatic rings. The fourth-order valence-corrected chi connectivity index (χ4v) is 4.67. The number of ether oxygens (including phenoxy) is 1. The molecule has 1 fully saturated rings. The first-order valence-corrected chi connectivity index (χ1v) is 10.3. The van der Waals surface area contributed by atoms with Crippen LogP contribution >= 0.6 is 0 Å². The minimum atomic E-state index is -0.521. The number of fused-ring (bicyclic) bond motifs is 1. The van der Waals surface area contributed by atoms with Crippen LogP contribution in [0.25, 0.3) is 11.3 Å². The molecule has 1 aromatic heterocycles. The number of esters is 1. The molecular weight excluding hydrogens is 378 g/mol. The summed E-state index contributed by atoms with van der Waals surface area (Å²) in [5, 5.41) is 0. The van der Waals surface area contributed by atoms with Gasteiger partial charge in [0.15, 0.2) is 0 Å². The highest BCUT2D eigenvalue weighted by atomic mass is 16.5. The van der Waals surface area contributed by atoms with Crippen LogP contribution in [0.3, 0.4) is 0 Å². The lowest BCUT2D eigenvalue weighted by Crippen LogP contribution is -2.43. The van der Waals surface area contributed by atoms with E-state index in [1.54, 1.807) is 6.92 Å². The third kappa shape index (κ3) is 3.53. The van der Waals surface area contributed by atoms with Gasteiger partial charge in [-0.3, -0.25) is 9.79 Å². The van der Waals surface area contributed by atoms with Crippen molar-refractivity contribution in [3.05, 3.63) is 59.0 Å². The summed E-state index contributed by atoms with van der Waals surface area (Å²) in [5.74, 6) is -0.0840. The second kappa shape index (κ2) is 7.38. The SMILES string of the molecule is COC(=O)C1=C(C)N=C2CC(C)(C)CC(=O)C2[C@H]1c1ccc(-c2ccc(C)cc2)o1. The molecule has 1 unspecified atom stereocenters. The van der Waals surface area contributed by atoms with Gasteiger partial charge in [0.2, 0.25) is 0 Å². The molecule has 5 nitrogen and oxygen atoms in total. The topological polar surface area (TPSA) is 68.9 Å². The molecule has 1 saturated carbocycles. The Morgan fingerprint density at radius 2 is 1.77 bits per heavy atom. The molecule has 1 aliphatic heterocycles. The maximum atomic E-state index is 13.2. The van der Waals surface area contributed by atoms with Gasteiger partial charge in [0, 0.05) is 23.4 Å². The molecule has 0 bridgehead atoms. The van der Waals surface area contributed by atoms with Gasteiger partial charge in [0.1, 0.15) is 17.3 Å². The Hall–Kier alpha value is -2.95. The Balaban J connectivity index is 1.82. The number of nitrogens with zero attached hydrogens (tertiary/aromatic N) is 1. The van der Waals surface area contributed by atoms with E-state index in [-0.39, 0.29) is 11.2 Å². The van der Waals surface area contributed by atoms with E-state index in [1.165, 1.54) is 12.7 Å². The fraction of sp³-hybridized carbons (Fsp3) is 0.400. The van der Waals surface area contributed by atoms with Crippen LogP contribution in [-0.2, 0) is 14.3 Å². The molecule has 0 spiro atoms. The zero-order valence-corrected chi connectivity index (χ0v) is 18.1. The van der Waals surface area contributed by atoms with Crippen molar-refractivity contribution in [3.63, 3.8) is 0 Å². The number of aryl methyl sites for hydroxylation is 1. The van der Waals surface area contributed by atoms with Gasteiger partial charge in [0.05, 0.1) is 24.5 Å². The average Bonchev–Trinajstić information content (AvgIpc) is 3.15. The number of hydrogen-bond donors (Lipinski definition) is 0. The molecule has 0 amide bonds. The normalized spacial score (nSPS) is 23.1. The largest absolute Gasteiger partial charge is 0.466 e. The van der Waals surface area contributed by atoms with Crippen molar-refractivity contribution in [3.8, 4) is 11.3 Å². The lowest BCUT2D eigenvalue weighted by Gasteiger charge is -2.40. The Kier molecular flexibility index (Phi) is 5.00. The van der Waals surface area contributed by atoms with Crippen molar-refractivity contribution < 1.29 is 18.7 Å². The van der Waals surface area contributed by atoms with Crippen LogP contribution < -0.4 is 0 Å².